The van der Waals surface area contributed by atoms with E-state index in [1.54, 1.807) is 67.8 Å². The van der Waals surface area contributed by atoms with E-state index in [1.807, 2.05) is 6.07 Å². The Kier molecular flexibility index (Phi) is 7.10. The fourth-order valence-electron chi connectivity index (χ4n) is 2.88. The van der Waals surface area contributed by atoms with Crippen molar-refractivity contribution in [2.75, 3.05) is 23.3 Å². The van der Waals surface area contributed by atoms with Gasteiger partial charge in [0.2, 0.25) is 5.91 Å². The lowest BCUT2D eigenvalue weighted by molar-refractivity contribution is -0.114. The van der Waals surface area contributed by atoms with Crippen molar-refractivity contribution in [2.45, 2.75) is 11.5 Å². The molecule has 1 N–H and O–H groups in total. The molecule has 0 spiro atoms. The zero-order chi connectivity index (χ0) is 21.6. The molecule has 3 rings (SSSR count). The Balaban J connectivity index is 1.88. The number of hydrogen-bond acceptors (Lipinski definition) is 4. The van der Waals surface area contributed by atoms with E-state index in [0.29, 0.717) is 23.0 Å². The van der Waals surface area contributed by atoms with E-state index in [2.05, 4.69) is 5.32 Å². The van der Waals surface area contributed by atoms with E-state index < -0.39 is 22.5 Å². The predicted molar refractivity (Wildman–Crippen MR) is 118 cm³/mol. The number of benzene rings is 3. The van der Waals surface area contributed by atoms with Gasteiger partial charge in [0, 0.05) is 17.8 Å². The van der Waals surface area contributed by atoms with Crippen LogP contribution in [0.15, 0.2) is 83.8 Å². The normalized spacial score (nSPS) is 11.1. The van der Waals surface area contributed by atoms with Crippen LogP contribution in [0, 0.1) is 0 Å². The van der Waals surface area contributed by atoms with Crippen molar-refractivity contribution in [3.05, 3.63) is 89.4 Å². The predicted octanol–water partition coefficient (Wildman–Crippen LogP) is 4.32. The van der Waals surface area contributed by atoms with Gasteiger partial charge in [-0.15, -0.1) is 0 Å². The average Bonchev–Trinajstić information content (AvgIpc) is 2.74. The highest BCUT2D eigenvalue weighted by Crippen LogP contribution is 2.25. The lowest BCUT2D eigenvalue weighted by Gasteiger charge is -2.24. The molecule has 0 heterocycles. The fourth-order valence-corrected chi connectivity index (χ4v) is 4.45. The molecule has 0 aliphatic heterocycles. The third-order valence-electron chi connectivity index (χ3n) is 4.25. The van der Waals surface area contributed by atoms with Gasteiger partial charge in [0.25, 0.3) is 10.0 Å². The number of carbonyl (C=O) groups excluding carboxylic acids is 1. The van der Waals surface area contributed by atoms with Crippen molar-refractivity contribution >= 4 is 38.9 Å². The minimum Gasteiger partial charge on any atom is -0.380 e. The van der Waals surface area contributed by atoms with E-state index in [-0.39, 0.29) is 4.90 Å². The highest BCUT2D eigenvalue weighted by molar-refractivity contribution is 7.92. The second kappa shape index (κ2) is 9.75. The number of ether oxygens (including phenoxy) is 1. The first-order chi connectivity index (χ1) is 14.4. The molecule has 0 aromatic heterocycles. The lowest BCUT2D eigenvalue weighted by Crippen LogP contribution is -2.38. The van der Waals surface area contributed by atoms with E-state index in [1.165, 1.54) is 12.1 Å². The number of carbonyl (C=O) groups is 1. The maximum Gasteiger partial charge on any atom is 0.264 e. The summed E-state index contributed by atoms with van der Waals surface area (Å²) in [4.78, 5) is 12.8. The first-order valence-electron chi connectivity index (χ1n) is 9.11. The molecule has 3 aromatic rings. The molecule has 8 heteroatoms. The van der Waals surface area contributed by atoms with Gasteiger partial charge in [-0.2, -0.15) is 0 Å². The number of halogens is 1. The highest BCUT2D eigenvalue weighted by atomic mass is 35.5. The van der Waals surface area contributed by atoms with Crippen LogP contribution >= 0.6 is 11.6 Å². The van der Waals surface area contributed by atoms with Gasteiger partial charge in [0.05, 0.1) is 17.2 Å². The van der Waals surface area contributed by atoms with Crippen LogP contribution in [0.25, 0.3) is 0 Å². The van der Waals surface area contributed by atoms with Crippen LogP contribution < -0.4 is 9.62 Å². The molecule has 0 aliphatic carbocycles. The van der Waals surface area contributed by atoms with Crippen LogP contribution in [-0.2, 0) is 26.2 Å². The van der Waals surface area contributed by atoms with Gasteiger partial charge in [0.15, 0.2) is 0 Å². The number of methoxy groups -OCH3 is 1. The summed E-state index contributed by atoms with van der Waals surface area (Å²) >= 11 is 5.94. The molecule has 0 atom stereocenters. The van der Waals surface area contributed by atoms with E-state index >= 15 is 0 Å². The highest BCUT2D eigenvalue weighted by Gasteiger charge is 2.27. The topological polar surface area (TPSA) is 75.7 Å². The number of sulfonamides is 1. The van der Waals surface area contributed by atoms with Crippen LogP contribution in [0.2, 0.25) is 5.02 Å². The van der Waals surface area contributed by atoms with Gasteiger partial charge in [0.1, 0.15) is 6.54 Å². The van der Waals surface area contributed by atoms with Gasteiger partial charge in [-0.25, -0.2) is 8.42 Å². The van der Waals surface area contributed by atoms with Crippen LogP contribution in [0.3, 0.4) is 0 Å². The van der Waals surface area contributed by atoms with Crippen molar-refractivity contribution in [3.8, 4) is 0 Å². The SMILES string of the molecule is COCc1cccc(NC(=O)CN(c2ccc(Cl)cc2)S(=O)(=O)c2ccccc2)c1. The van der Waals surface area contributed by atoms with Crippen LogP contribution in [0.5, 0.6) is 0 Å². The van der Waals surface area contributed by atoms with Crippen molar-refractivity contribution in [2.24, 2.45) is 0 Å². The Labute approximate surface area is 181 Å². The summed E-state index contributed by atoms with van der Waals surface area (Å²) in [7, 11) is -2.37. The third kappa shape index (κ3) is 5.38. The number of amides is 1. The number of nitrogens with zero attached hydrogens (tertiary/aromatic N) is 1. The van der Waals surface area contributed by atoms with Crippen LogP contribution in [0.1, 0.15) is 5.56 Å². The van der Waals surface area contributed by atoms with Gasteiger partial charge < -0.3 is 10.1 Å². The van der Waals surface area contributed by atoms with E-state index in [9.17, 15) is 13.2 Å². The molecule has 0 fully saturated rings. The second-order valence-corrected chi connectivity index (χ2v) is 8.78. The van der Waals surface area contributed by atoms with Crippen LogP contribution in [0.4, 0.5) is 11.4 Å². The molecule has 0 unspecified atom stereocenters. The van der Waals surface area contributed by atoms with E-state index in [0.717, 1.165) is 9.87 Å². The fraction of sp³-hybridized carbons (Fsp3) is 0.136. The molecule has 0 aliphatic rings. The molecular weight excluding hydrogens is 424 g/mol. The largest absolute Gasteiger partial charge is 0.380 e. The Hall–Kier alpha value is -2.87. The zero-order valence-corrected chi connectivity index (χ0v) is 17.9. The van der Waals surface area contributed by atoms with Crippen LogP contribution in [-0.4, -0.2) is 28.0 Å². The number of anilines is 2. The van der Waals surface area contributed by atoms with Crippen molar-refractivity contribution in [1.82, 2.24) is 0 Å². The summed E-state index contributed by atoms with van der Waals surface area (Å²) in [6, 6.07) is 21.4. The molecule has 0 bridgehead atoms. The second-order valence-electron chi connectivity index (χ2n) is 6.48. The number of nitrogens with one attached hydrogen (secondary N) is 1. The molecule has 0 radical (unpaired) electrons. The molecule has 6 nitrogen and oxygen atoms in total. The Bertz CT molecular complexity index is 1100. The summed E-state index contributed by atoms with van der Waals surface area (Å²) in [6.07, 6.45) is 0. The first kappa shape index (κ1) is 21.8. The number of hydrogen-bond donors (Lipinski definition) is 1. The summed E-state index contributed by atoms with van der Waals surface area (Å²) in [5.74, 6) is -0.473. The van der Waals surface area contributed by atoms with Crippen molar-refractivity contribution < 1.29 is 17.9 Å². The molecule has 156 valence electrons. The Morgan fingerprint density at radius 3 is 2.37 bits per heavy atom. The van der Waals surface area contributed by atoms with Gasteiger partial charge in [-0.3, -0.25) is 9.10 Å². The monoisotopic (exact) mass is 444 g/mol. The van der Waals surface area contributed by atoms with E-state index in [4.69, 9.17) is 16.3 Å². The van der Waals surface area contributed by atoms with Gasteiger partial charge >= 0.3 is 0 Å². The molecule has 0 saturated carbocycles. The number of rotatable bonds is 8. The third-order valence-corrected chi connectivity index (χ3v) is 6.29. The van der Waals surface area contributed by atoms with Gasteiger partial charge in [-0.05, 0) is 54.1 Å². The first-order valence-corrected chi connectivity index (χ1v) is 10.9. The van der Waals surface area contributed by atoms with Gasteiger partial charge in [-0.1, -0.05) is 41.9 Å². The van der Waals surface area contributed by atoms with Crippen molar-refractivity contribution in [3.63, 3.8) is 0 Å². The molecule has 3 aromatic carbocycles. The lowest BCUT2D eigenvalue weighted by atomic mass is 10.2. The minimum atomic E-state index is -3.96. The Morgan fingerprint density at radius 2 is 1.70 bits per heavy atom. The summed E-state index contributed by atoms with van der Waals surface area (Å²) in [5, 5.41) is 3.22. The quantitative estimate of drug-likeness (QED) is 0.561. The van der Waals surface area contributed by atoms with Crippen molar-refractivity contribution in [1.29, 1.82) is 0 Å². The summed E-state index contributed by atoms with van der Waals surface area (Å²) in [6.45, 7) is 0.0103. The molecule has 30 heavy (non-hydrogen) atoms. The molecular formula is C22H21ClN2O4S. The standard InChI is InChI=1S/C22H21ClN2O4S/c1-29-16-17-6-5-7-19(14-17)24-22(26)15-25(20-12-10-18(23)11-13-20)30(27,28)21-8-3-2-4-9-21/h2-14H,15-16H2,1H3,(H,24,26). The summed E-state index contributed by atoms with van der Waals surface area (Å²) in [5.41, 5.74) is 1.79. The average molecular weight is 445 g/mol. The summed E-state index contributed by atoms with van der Waals surface area (Å²) < 4.78 is 32.6. The maximum absolute atomic E-state index is 13.2. The zero-order valence-electron chi connectivity index (χ0n) is 16.3. The smallest absolute Gasteiger partial charge is 0.264 e. The molecule has 0 saturated heterocycles. The minimum absolute atomic E-state index is 0.0924. The maximum atomic E-state index is 13.2. The molecule has 1 amide bonds. The Morgan fingerprint density at radius 1 is 1.00 bits per heavy atom.